The molecule has 242 valence electrons. The highest BCUT2D eigenvalue weighted by atomic mass is 15.0. The molecule has 7 aromatic carbocycles. The minimum Gasteiger partial charge on any atom is -0.264 e. The first kappa shape index (κ1) is 29.8. The SMILES string of the molecule is c1cncc(-c2nc(-c3cccnc3)nc(-c3cc(-c4cccc5cc6ccccc6cc45)cc(-c4cccc5cc6ccccc6cc45)c3)n2)c1. The highest BCUT2D eigenvalue weighted by Gasteiger charge is 2.17. The number of pyridine rings is 2. The normalized spacial score (nSPS) is 11.5. The lowest BCUT2D eigenvalue weighted by atomic mass is 9.90. The smallest absolute Gasteiger partial charge is 0.165 e. The summed E-state index contributed by atoms with van der Waals surface area (Å²) in [6.45, 7) is 0. The van der Waals surface area contributed by atoms with Crippen molar-refractivity contribution in [3.05, 3.63) is 176 Å². The Balaban J connectivity index is 1.26. The van der Waals surface area contributed by atoms with Gasteiger partial charge in [-0.05, 0) is 132 Å². The quantitative estimate of drug-likeness (QED) is 0.171. The van der Waals surface area contributed by atoms with Crippen LogP contribution in [0.25, 0.3) is 99.5 Å². The molecule has 0 spiro atoms. The lowest BCUT2D eigenvalue weighted by Crippen LogP contribution is -2.01. The predicted molar refractivity (Wildman–Crippen MR) is 213 cm³/mol. The van der Waals surface area contributed by atoms with Crippen LogP contribution in [0.3, 0.4) is 0 Å². The summed E-state index contributed by atoms with van der Waals surface area (Å²) < 4.78 is 0. The summed E-state index contributed by atoms with van der Waals surface area (Å²) in [5.74, 6) is 1.68. The Kier molecular flexibility index (Phi) is 7.07. The summed E-state index contributed by atoms with van der Waals surface area (Å²) in [5.41, 5.74) is 6.97. The summed E-state index contributed by atoms with van der Waals surface area (Å²) in [5, 5.41) is 9.63. The van der Waals surface area contributed by atoms with E-state index in [0.29, 0.717) is 17.5 Å². The van der Waals surface area contributed by atoms with E-state index in [1.807, 2.05) is 24.3 Å². The number of fused-ring (bicyclic) bond motifs is 4. The second-order valence-electron chi connectivity index (χ2n) is 13.0. The highest BCUT2D eigenvalue weighted by Crippen LogP contribution is 2.39. The molecule has 0 bridgehead atoms. The second-order valence-corrected chi connectivity index (χ2v) is 13.0. The van der Waals surface area contributed by atoms with Crippen LogP contribution in [-0.4, -0.2) is 24.9 Å². The summed E-state index contributed by atoms with van der Waals surface area (Å²) in [4.78, 5) is 23.8. The number of benzene rings is 7. The van der Waals surface area contributed by atoms with Crippen LogP contribution in [0.5, 0.6) is 0 Å². The Morgan fingerprint density at radius 3 is 1.13 bits per heavy atom. The van der Waals surface area contributed by atoms with Gasteiger partial charge >= 0.3 is 0 Å². The molecule has 0 amide bonds. The van der Waals surface area contributed by atoms with Crippen LogP contribution in [0.4, 0.5) is 0 Å². The average molecular weight is 664 g/mol. The van der Waals surface area contributed by atoms with Crippen LogP contribution in [0.2, 0.25) is 0 Å². The molecule has 0 aliphatic heterocycles. The van der Waals surface area contributed by atoms with Gasteiger partial charge in [0.25, 0.3) is 0 Å². The fourth-order valence-corrected chi connectivity index (χ4v) is 7.26. The first-order valence-electron chi connectivity index (χ1n) is 17.3. The first-order chi connectivity index (χ1) is 25.7. The van der Waals surface area contributed by atoms with Crippen LogP contribution in [0.15, 0.2) is 176 Å². The van der Waals surface area contributed by atoms with Crippen molar-refractivity contribution < 1.29 is 0 Å². The topological polar surface area (TPSA) is 64.5 Å². The number of rotatable bonds is 5. The van der Waals surface area contributed by atoms with E-state index in [1.54, 1.807) is 24.8 Å². The molecule has 0 fully saturated rings. The van der Waals surface area contributed by atoms with Gasteiger partial charge in [0.15, 0.2) is 17.5 Å². The fourth-order valence-electron chi connectivity index (χ4n) is 7.26. The molecule has 0 aliphatic carbocycles. The highest BCUT2D eigenvalue weighted by molar-refractivity contribution is 6.08. The zero-order valence-corrected chi connectivity index (χ0v) is 28.0. The maximum Gasteiger partial charge on any atom is 0.165 e. The van der Waals surface area contributed by atoms with Gasteiger partial charge in [-0.1, -0.05) is 84.9 Å². The molecule has 0 saturated carbocycles. The third-order valence-corrected chi connectivity index (χ3v) is 9.78. The van der Waals surface area contributed by atoms with Gasteiger partial charge in [-0.3, -0.25) is 9.97 Å². The molecule has 0 unspecified atom stereocenters. The van der Waals surface area contributed by atoms with Gasteiger partial charge in [-0.25, -0.2) is 15.0 Å². The minimum absolute atomic E-state index is 0.553. The molecule has 0 aliphatic rings. The lowest BCUT2D eigenvalue weighted by Gasteiger charge is -2.15. The zero-order valence-electron chi connectivity index (χ0n) is 28.0. The Bertz CT molecular complexity index is 2760. The van der Waals surface area contributed by atoms with Gasteiger partial charge in [0.05, 0.1) is 0 Å². The van der Waals surface area contributed by atoms with Crippen molar-refractivity contribution in [1.82, 2.24) is 24.9 Å². The molecule has 0 radical (unpaired) electrons. The molecule has 0 N–H and O–H groups in total. The van der Waals surface area contributed by atoms with Crippen LogP contribution >= 0.6 is 0 Å². The van der Waals surface area contributed by atoms with Crippen molar-refractivity contribution in [2.45, 2.75) is 0 Å². The second kappa shape index (κ2) is 12.3. The molecule has 0 atom stereocenters. The monoisotopic (exact) mass is 663 g/mol. The molecule has 10 aromatic rings. The molecule has 10 rings (SSSR count). The summed E-state index contributed by atoms with van der Waals surface area (Å²) in [6.07, 6.45) is 7.08. The molecule has 0 saturated heterocycles. The molecular formula is C47H29N5. The molecule has 3 aromatic heterocycles. The van der Waals surface area contributed by atoms with Gasteiger partial charge in [-0.2, -0.15) is 0 Å². The molecule has 5 heteroatoms. The first-order valence-corrected chi connectivity index (χ1v) is 17.3. The Morgan fingerprint density at radius 2 is 0.692 bits per heavy atom. The van der Waals surface area contributed by atoms with Gasteiger partial charge in [0.1, 0.15) is 0 Å². The Hall–Kier alpha value is -7.11. The summed E-state index contributed by atoms with van der Waals surface area (Å²) in [6, 6.07) is 53.8. The van der Waals surface area contributed by atoms with Crippen molar-refractivity contribution in [2.75, 3.05) is 0 Å². The third kappa shape index (κ3) is 5.32. The van der Waals surface area contributed by atoms with E-state index in [2.05, 4.69) is 137 Å². The van der Waals surface area contributed by atoms with E-state index >= 15 is 0 Å². The van der Waals surface area contributed by atoms with E-state index in [4.69, 9.17) is 15.0 Å². The molecule has 5 nitrogen and oxygen atoms in total. The van der Waals surface area contributed by atoms with Gasteiger partial charge in [0, 0.05) is 41.5 Å². The van der Waals surface area contributed by atoms with Crippen LogP contribution in [-0.2, 0) is 0 Å². The molecular weight excluding hydrogens is 635 g/mol. The number of nitrogens with zero attached hydrogens (tertiary/aromatic N) is 5. The summed E-state index contributed by atoms with van der Waals surface area (Å²) in [7, 11) is 0. The fraction of sp³-hybridized carbons (Fsp3) is 0. The third-order valence-electron chi connectivity index (χ3n) is 9.78. The van der Waals surface area contributed by atoms with Crippen molar-refractivity contribution in [3.8, 4) is 56.4 Å². The van der Waals surface area contributed by atoms with Gasteiger partial charge < -0.3 is 0 Å². The number of hydrogen-bond acceptors (Lipinski definition) is 5. The molecule has 3 heterocycles. The van der Waals surface area contributed by atoms with Crippen LogP contribution in [0.1, 0.15) is 0 Å². The van der Waals surface area contributed by atoms with E-state index in [1.165, 1.54) is 43.1 Å². The van der Waals surface area contributed by atoms with Crippen molar-refractivity contribution >= 4 is 43.1 Å². The van der Waals surface area contributed by atoms with Crippen molar-refractivity contribution in [1.29, 1.82) is 0 Å². The van der Waals surface area contributed by atoms with Gasteiger partial charge in [-0.15, -0.1) is 0 Å². The average Bonchev–Trinajstić information content (AvgIpc) is 3.22. The molecule has 52 heavy (non-hydrogen) atoms. The standard InChI is InChI=1S/C47H29N5/c1-3-11-32-26-43-34(21-30(32)9-1)13-5-17-41(43)38-23-39(42-18-6-14-35-22-31-10-2-4-12-33(31)27-44(35)42)25-40(24-38)47-51-45(36-15-7-19-48-28-36)50-46(52-47)37-16-8-20-49-29-37/h1-29H. The minimum atomic E-state index is 0.553. The number of hydrogen-bond donors (Lipinski definition) is 0. The van der Waals surface area contributed by atoms with Crippen molar-refractivity contribution in [3.63, 3.8) is 0 Å². The largest absolute Gasteiger partial charge is 0.264 e. The Labute approximate surface area is 300 Å². The van der Waals surface area contributed by atoms with Gasteiger partial charge in [0.2, 0.25) is 0 Å². The van der Waals surface area contributed by atoms with Crippen LogP contribution in [0, 0.1) is 0 Å². The maximum absolute atomic E-state index is 5.09. The van der Waals surface area contributed by atoms with E-state index in [-0.39, 0.29) is 0 Å². The maximum atomic E-state index is 5.09. The van der Waals surface area contributed by atoms with Crippen molar-refractivity contribution in [2.24, 2.45) is 0 Å². The van der Waals surface area contributed by atoms with E-state index in [0.717, 1.165) is 38.9 Å². The van der Waals surface area contributed by atoms with E-state index < -0.39 is 0 Å². The van der Waals surface area contributed by atoms with Crippen LogP contribution < -0.4 is 0 Å². The Morgan fingerprint density at radius 1 is 0.288 bits per heavy atom. The number of aromatic nitrogens is 5. The lowest BCUT2D eigenvalue weighted by molar-refractivity contribution is 1.07. The zero-order chi connectivity index (χ0) is 34.4. The van der Waals surface area contributed by atoms with E-state index in [9.17, 15) is 0 Å². The summed E-state index contributed by atoms with van der Waals surface area (Å²) >= 11 is 0. The predicted octanol–water partition coefficient (Wildman–Crippen LogP) is 11.6.